The molecule has 1 aliphatic carbocycles. The molecule has 0 spiro atoms. The number of rotatable bonds is 3. The van der Waals surface area contributed by atoms with Crippen molar-refractivity contribution in [1.82, 2.24) is 9.97 Å². The van der Waals surface area contributed by atoms with Crippen LogP contribution in [-0.4, -0.2) is 26.9 Å². The van der Waals surface area contributed by atoms with Gasteiger partial charge in [-0.2, -0.15) is 0 Å². The first-order valence-corrected chi connectivity index (χ1v) is 6.54. The topological polar surface area (TPSA) is 102 Å². The van der Waals surface area contributed by atoms with E-state index in [9.17, 15) is 4.79 Å². The Bertz CT molecular complexity index is 786. The zero-order valence-electron chi connectivity index (χ0n) is 11.2. The van der Waals surface area contributed by atoms with E-state index >= 15 is 0 Å². The average Bonchev–Trinajstić information content (AvgIpc) is 2.82. The van der Waals surface area contributed by atoms with Crippen LogP contribution >= 0.6 is 0 Å². The first-order valence-electron chi connectivity index (χ1n) is 6.54. The highest BCUT2D eigenvalue weighted by Crippen LogP contribution is 2.20. The zero-order chi connectivity index (χ0) is 14.8. The lowest BCUT2D eigenvalue weighted by Gasteiger charge is -2.10. The van der Waals surface area contributed by atoms with Crippen LogP contribution in [0.3, 0.4) is 0 Å². The molecule has 0 saturated heterocycles. The van der Waals surface area contributed by atoms with Crippen LogP contribution in [0.25, 0.3) is 11.0 Å². The summed E-state index contributed by atoms with van der Waals surface area (Å²) in [6.45, 7) is 0. The lowest BCUT2D eigenvalue weighted by atomic mass is 9.96. The first-order chi connectivity index (χ1) is 10.1. The Kier molecular flexibility index (Phi) is 3.27. The molecule has 106 valence electrons. The highest BCUT2D eigenvalue weighted by atomic mass is 16.4. The molecule has 4 N–H and O–H groups in total. The van der Waals surface area contributed by atoms with E-state index < -0.39 is 6.09 Å². The highest BCUT2D eigenvalue weighted by Gasteiger charge is 2.10. The molecule has 0 bridgehead atoms. The molecule has 2 aromatic rings. The van der Waals surface area contributed by atoms with E-state index in [0.717, 1.165) is 16.7 Å². The maximum atomic E-state index is 10.6. The lowest BCUT2D eigenvalue weighted by molar-refractivity contribution is 0.209. The summed E-state index contributed by atoms with van der Waals surface area (Å²) in [6.07, 6.45) is 6.08. The van der Waals surface area contributed by atoms with Gasteiger partial charge in [0, 0.05) is 12.1 Å². The van der Waals surface area contributed by atoms with Crippen molar-refractivity contribution in [2.24, 2.45) is 0 Å². The zero-order valence-corrected chi connectivity index (χ0v) is 11.2. The molecular formula is C15H14N4O2. The second kappa shape index (κ2) is 5.24. The predicted octanol–water partition coefficient (Wildman–Crippen LogP) is 3.10. The Balaban J connectivity index is 1.87. The van der Waals surface area contributed by atoms with Gasteiger partial charge in [-0.1, -0.05) is 24.3 Å². The van der Waals surface area contributed by atoms with Crippen LogP contribution in [0.1, 0.15) is 12.0 Å². The quantitative estimate of drug-likeness (QED) is 0.695. The number of amides is 1. The number of anilines is 1. The van der Waals surface area contributed by atoms with Gasteiger partial charge in [-0.05, 0) is 29.7 Å². The van der Waals surface area contributed by atoms with Crippen LogP contribution in [0.4, 0.5) is 10.7 Å². The summed E-state index contributed by atoms with van der Waals surface area (Å²) < 4.78 is 0. The summed E-state index contributed by atoms with van der Waals surface area (Å²) in [5.41, 5.74) is 4.15. The number of imidazole rings is 1. The SMILES string of the molecule is N=C1CC=CC=C1Cc1ccc2[nH]c(NC(=O)O)nc2c1. The van der Waals surface area contributed by atoms with Gasteiger partial charge < -0.3 is 15.5 Å². The molecule has 0 radical (unpaired) electrons. The van der Waals surface area contributed by atoms with Gasteiger partial charge in [0.05, 0.1) is 11.0 Å². The van der Waals surface area contributed by atoms with Crippen molar-refractivity contribution < 1.29 is 9.90 Å². The van der Waals surface area contributed by atoms with E-state index in [-0.39, 0.29) is 5.95 Å². The van der Waals surface area contributed by atoms with Gasteiger partial charge in [0.2, 0.25) is 5.95 Å². The predicted molar refractivity (Wildman–Crippen MR) is 81.0 cm³/mol. The maximum absolute atomic E-state index is 10.6. The molecule has 0 unspecified atom stereocenters. The maximum Gasteiger partial charge on any atom is 0.411 e. The van der Waals surface area contributed by atoms with E-state index in [4.69, 9.17) is 10.5 Å². The molecule has 21 heavy (non-hydrogen) atoms. The molecule has 1 aromatic carbocycles. The van der Waals surface area contributed by atoms with E-state index in [1.54, 1.807) is 0 Å². The van der Waals surface area contributed by atoms with Crippen molar-refractivity contribution in [3.8, 4) is 0 Å². The molecule has 1 aliphatic rings. The summed E-state index contributed by atoms with van der Waals surface area (Å²) in [4.78, 5) is 17.7. The average molecular weight is 282 g/mol. The Morgan fingerprint density at radius 3 is 3.10 bits per heavy atom. The lowest BCUT2D eigenvalue weighted by Crippen LogP contribution is -2.08. The first kappa shape index (κ1) is 13.1. The molecule has 0 fully saturated rings. The van der Waals surface area contributed by atoms with Gasteiger partial charge in [0.15, 0.2) is 0 Å². The minimum Gasteiger partial charge on any atom is -0.465 e. The van der Waals surface area contributed by atoms with Gasteiger partial charge >= 0.3 is 6.09 Å². The van der Waals surface area contributed by atoms with Crippen LogP contribution < -0.4 is 5.32 Å². The van der Waals surface area contributed by atoms with Crippen LogP contribution in [0, 0.1) is 5.41 Å². The van der Waals surface area contributed by atoms with Gasteiger partial charge in [-0.15, -0.1) is 0 Å². The van der Waals surface area contributed by atoms with Crippen molar-refractivity contribution in [2.45, 2.75) is 12.8 Å². The molecule has 6 nitrogen and oxygen atoms in total. The number of allylic oxidation sites excluding steroid dienone is 4. The number of aromatic nitrogens is 2. The van der Waals surface area contributed by atoms with E-state index in [1.165, 1.54) is 0 Å². The number of H-pyrrole nitrogens is 1. The Morgan fingerprint density at radius 2 is 2.33 bits per heavy atom. The fourth-order valence-electron chi connectivity index (χ4n) is 2.31. The summed E-state index contributed by atoms with van der Waals surface area (Å²) in [7, 11) is 0. The number of benzene rings is 1. The van der Waals surface area contributed by atoms with Gasteiger partial charge in [0.25, 0.3) is 0 Å². The fraction of sp³-hybridized carbons (Fsp3) is 0.133. The monoisotopic (exact) mass is 282 g/mol. The number of fused-ring (bicyclic) bond motifs is 1. The number of aromatic amines is 1. The molecule has 1 amide bonds. The number of nitrogens with zero attached hydrogens (tertiary/aromatic N) is 1. The molecule has 0 saturated carbocycles. The number of hydrogen-bond donors (Lipinski definition) is 4. The Labute approximate surface area is 120 Å². The summed E-state index contributed by atoms with van der Waals surface area (Å²) >= 11 is 0. The third-order valence-corrected chi connectivity index (χ3v) is 3.31. The smallest absolute Gasteiger partial charge is 0.411 e. The number of nitrogens with one attached hydrogen (secondary N) is 3. The third kappa shape index (κ3) is 2.84. The summed E-state index contributed by atoms with van der Waals surface area (Å²) in [5, 5.41) is 18.8. The second-order valence-electron chi connectivity index (χ2n) is 4.85. The minimum absolute atomic E-state index is 0.210. The van der Waals surface area contributed by atoms with E-state index in [1.807, 2.05) is 36.4 Å². The van der Waals surface area contributed by atoms with Crippen LogP contribution in [0.2, 0.25) is 0 Å². The highest BCUT2D eigenvalue weighted by molar-refractivity contribution is 6.00. The van der Waals surface area contributed by atoms with Crippen molar-refractivity contribution in [2.75, 3.05) is 5.32 Å². The molecule has 6 heteroatoms. The summed E-state index contributed by atoms with van der Waals surface area (Å²) in [5.74, 6) is 0.210. The molecule has 1 heterocycles. The van der Waals surface area contributed by atoms with Crippen molar-refractivity contribution in [1.29, 1.82) is 5.41 Å². The molecular weight excluding hydrogens is 268 g/mol. The second-order valence-corrected chi connectivity index (χ2v) is 4.85. The Morgan fingerprint density at radius 1 is 1.48 bits per heavy atom. The van der Waals surface area contributed by atoms with Gasteiger partial charge in [-0.25, -0.2) is 9.78 Å². The largest absolute Gasteiger partial charge is 0.465 e. The van der Waals surface area contributed by atoms with Crippen LogP contribution in [0.15, 0.2) is 42.0 Å². The van der Waals surface area contributed by atoms with E-state index in [2.05, 4.69) is 15.3 Å². The molecule has 0 aliphatic heterocycles. The van der Waals surface area contributed by atoms with Crippen molar-refractivity contribution >= 4 is 28.8 Å². The van der Waals surface area contributed by atoms with Crippen molar-refractivity contribution in [3.63, 3.8) is 0 Å². The normalized spacial score (nSPS) is 14.3. The Hall–Kier alpha value is -2.89. The number of hydrogen-bond acceptors (Lipinski definition) is 3. The number of carboxylic acid groups (broad SMARTS) is 1. The molecule has 1 aromatic heterocycles. The standard InChI is InChI=1S/C15H14N4O2/c16-11-4-2-1-3-10(11)7-9-5-6-12-13(8-9)18-14(17-12)19-15(20)21/h1-3,5-6,8,16H,4,7H2,(H,20,21)(H2,17,18,19). The summed E-state index contributed by atoms with van der Waals surface area (Å²) in [6, 6.07) is 5.73. The number of carbonyl (C=O) groups is 1. The van der Waals surface area contributed by atoms with Crippen LogP contribution in [-0.2, 0) is 6.42 Å². The van der Waals surface area contributed by atoms with Gasteiger partial charge in [0.1, 0.15) is 0 Å². The van der Waals surface area contributed by atoms with E-state index in [0.29, 0.717) is 24.1 Å². The van der Waals surface area contributed by atoms with Crippen molar-refractivity contribution in [3.05, 3.63) is 47.6 Å². The van der Waals surface area contributed by atoms with Crippen LogP contribution in [0.5, 0.6) is 0 Å². The fourth-order valence-corrected chi connectivity index (χ4v) is 2.31. The minimum atomic E-state index is -1.15. The molecule has 3 rings (SSSR count). The van der Waals surface area contributed by atoms with Gasteiger partial charge in [-0.3, -0.25) is 5.32 Å². The molecule has 0 atom stereocenters. The third-order valence-electron chi connectivity index (χ3n) is 3.31.